The molecule has 0 radical (unpaired) electrons. The number of hydrogen-bond acceptors (Lipinski definition) is 2. The van der Waals surface area contributed by atoms with Gasteiger partial charge in [-0.1, -0.05) is 12.2 Å². The van der Waals surface area contributed by atoms with E-state index in [9.17, 15) is 9.59 Å². The summed E-state index contributed by atoms with van der Waals surface area (Å²) in [4.78, 5) is 25.3. The number of nitrogens with zero attached hydrogens (tertiary/aromatic N) is 1. The molecule has 1 heterocycles. The second-order valence-corrected chi connectivity index (χ2v) is 4.51. The molecule has 0 bridgehead atoms. The Morgan fingerprint density at radius 1 is 1.38 bits per heavy atom. The minimum atomic E-state index is -0.374. The van der Waals surface area contributed by atoms with E-state index in [1.54, 1.807) is 6.92 Å². The minimum absolute atomic E-state index is 0.0188. The van der Waals surface area contributed by atoms with E-state index in [-0.39, 0.29) is 23.9 Å². The third-order valence-electron chi connectivity index (χ3n) is 3.29. The van der Waals surface area contributed by atoms with Crippen LogP contribution < -0.4 is 5.32 Å². The summed E-state index contributed by atoms with van der Waals surface area (Å²) in [7, 11) is 0. The Morgan fingerprint density at radius 3 is 2.88 bits per heavy atom. The van der Waals surface area contributed by atoms with Crippen molar-refractivity contribution in [3.8, 4) is 0 Å². The summed E-state index contributed by atoms with van der Waals surface area (Å²) in [5.41, 5.74) is 0. The lowest BCUT2D eigenvalue weighted by molar-refractivity contribution is -0.135. The topological polar surface area (TPSA) is 49.4 Å². The second-order valence-electron chi connectivity index (χ2n) is 4.51. The first-order chi connectivity index (χ1) is 7.68. The Morgan fingerprint density at radius 2 is 2.19 bits per heavy atom. The molecule has 1 aliphatic heterocycles. The maximum Gasteiger partial charge on any atom is 0.245 e. The number of allylic oxidation sites excluding steroid dienone is 1. The smallest absolute Gasteiger partial charge is 0.245 e. The van der Waals surface area contributed by atoms with Gasteiger partial charge in [0.25, 0.3) is 0 Å². The van der Waals surface area contributed by atoms with Crippen LogP contribution in [0.1, 0.15) is 32.6 Å². The molecule has 16 heavy (non-hydrogen) atoms. The number of amides is 2. The van der Waals surface area contributed by atoms with Gasteiger partial charge in [-0.2, -0.15) is 0 Å². The second kappa shape index (κ2) is 4.68. The van der Waals surface area contributed by atoms with Gasteiger partial charge in [0.05, 0.1) is 0 Å². The molecule has 88 valence electrons. The van der Waals surface area contributed by atoms with Crippen molar-refractivity contribution in [1.29, 1.82) is 0 Å². The predicted molar refractivity (Wildman–Crippen MR) is 60.7 cm³/mol. The van der Waals surface area contributed by atoms with Crippen molar-refractivity contribution in [2.45, 2.75) is 44.7 Å². The highest BCUT2D eigenvalue weighted by Gasteiger charge is 2.31. The fourth-order valence-electron chi connectivity index (χ4n) is 2.38. The first-order valence-corrected chi connectivity index (χ1v) is 5.93. The Balaban J connectivity index is 2.09. The Hall–Kier alpha value is -1.32. The first-order valence-electron chi connectivity index (χ1n) is 5.93. The van der Waals surface area contributed by atoms with Crippen LogP contribution in [0.15, 0.2) is 12.2 Å². The molecule has 0 saturated carbocycles. The van der Waals surface area contributed by atoms with Gasteiger partial charge < -0.3 is 10.2 Å². The summed E-state index contributed by atoms with van der Waals surface area (Å²) in [6, 6.07) is -0.0893. The maximum absolute atomic E-state index is 12.1. The van der Waals surface area contributed by atoms with Crippen molar-refractivity contribution in [1.82, 2.24) is 10.2 Å². The normalized spacial score (nSPS) is 31.2. The zero-order chi connectivity index (χ0) is 11.5. The van der Waals surface area contributed by atoms with Crippen LogP contribution >= 0.6 is 0 Å². The Kier molecular flexibility index (Phi) is 3.27. The van der Waals surface area contributed by atoms with Gasteiger partial charge in [0.2, 0.25) is 11.8 Å². The van der Waals surface area contributed by atoms with Crippen molar-refractivity contribution in [2.24, 2.45) is 0 Å². The molecular weight excluding hydrogens is 204 g/mol. The van der Waals surface area contributed by atoms with Crippen molar-refractivity contribution in [2.75, 3.05) is 6.54 Å². The molecule has 2 atom stereocenters. The Bertz CT molecular complexity index is 325. The summed E-state index contributed by atoms with van der Waals surface area (Å²) in [5, 5.41) is 2.71. The van der Waals surface area contributed by atoms with Gasteiger partial charge in [-0.25, -0.2) is 0 Å². The molecule has 0 spiro atoms. The molecule has 2 amide bonds. The zero-order valence-corrected chi connectivity index (χ0v) is 9.61. The van der Waals surface area contributed by atoms with Gasteiger partial charge in [0.1, 0.15) is 6.04 Å². The monoisotopic (exact) mass is 222 g/mol. The summed E-state index contributed by atoms with van der Waals surface area (Å²) < 4.78 is 0. The number of carbonyl (C=O) groups is 2. The molecule has 2 unspecified atom stereocenters. The largest absolute Gasteiger partial charge is 0.345 e. The van der Waals surface area contributed by atoms with E-state index >= 15 is 0 Å². The SMILES string of the molecule is CC1NC(=O)CCN(C2CC=CCC2)C1=O. The molecule has 0 aromatic rings. The van der Waals surface area contributed by atoms with Crippen molar-refractivity contribution in [3.05, 3.63) is 12.2 Å². The van der Waals surface area contributed by atoms with Crippen LogP contribution in [0.4, 0.5) is 0 Å². The highest BCUT2D eigenvalue weighted by atomic mass is 16.2. The summed E-state index contributed by atoms with van der Waals surface area (Å²) in [6.45, 7) is 2.32. The first kappa shape index (κ1) is 11.2. The zero-order valence-electron chi connectivity index (χ0n) is 9.61. The van der Waals surface area contributed by atoms with Crippen LogP contribution in [0.2, 0.25) is 0 Å². The lowest BCUT2D eigenvalue weighted by atomic mass is 9.99. The number of rotatable bonds is 1. The summed E-state index contributed by atoms with van der Waals surface area (Å²) in [5.74, 6) is 0.0425. The molecule has 1 aliphatic carbocycles. The molecule has 1 fully saturated rings. The predicted octanol–water partition coefficient (Wildman–Crippen LogP) is 0.832. The van der Waals surface area contributed by atoms with Crippen LogP contribution in [-0.4, -0.2) is 35.3 Å². The molecule has 0 aromatic heterocycles. The molecule has 1 saturated heterocycles. The van der Waals surface area contributed by atoms with Gasteiger partial charge >= 0.3 is 0 Å². The third-order valence-corrected chi connectivity index (χ3v) is 3.29. The number of carbonyl (C=O) groups excluding carboxylic acids is 2. The van der Waals surface area contributed by atoms with E-state index in [0.717, 1.165) is 19.3 Å². The van der Waals surface area contributed by atoms with E-state index in [1.807, 2.05) is 4.90 Å². The van der Waals surface area contributed by atoms with E-state index in [4.69, 9.17) is 0 Å². The molecule has 4 nitrogen and oxygen atoms in total. The lowest BCUT2D eigenvalue weighted by Gasteiger charge is -2.32. The minimum Gasteiger partial charge on any atom is -0.345 e. The average Bonchev–Trinajstić information content (AvgIpc) is 2.41. The van der Waals surface area contributed by atoms with Crippen LogP contribution in [0.5, 0.6) is 0 Å². The van der Waals surface area contributed by atoms with Crippen LogP contribution in [0.25, 0.3) is 0 Å². The van der Waals surface area contributed by atoms with Crippen LogP contribution in [0, 0.1) is 0 Å². The van der Waals surface area contributed by atoms with Crippen LogP contribution in [0.3, 0.4) is 0 Å². The van der Waals surface area contributed by atoms with Crippen molar-refractivity contribution < 1.29 is 9.59 Å². The molecular formula is C12H18N2O2. The molecule has 2 rings (SSSR count). The molecule has 1 N–H and O–H groups in total. The van der Waals surface area contributed by atoms with E-state index in [0.29, 0.717) is 13.0 Å². The van der Waals surface area contributed by atoms with Gasteiger partial charge in [-0.3, -0.25) is 9.59 Å². The maximum atomic E-state index is 12.1. The van der Waals surface area contributed by atoms with Gasteiger partial charge in [-0.05, 0) is 26.2 Å². The van der Waals surface area contributed by atoms with Crippen molar-refractivity contribution >= 4 is 11.8 Å². The summed E-state index contributed by atoms with van der Waals surface area (Å²) in [6.07, 6.45) is 7.69. The molecule has 2 aliphatic rings. The standard InChI is InChI=1S/C12H18N2O2/c1-9-12(16)14(8-7-11(15)13-9)10-5-3-2-4-6-10/h2-3,9-10H,4-8H2,1H3,(H,13,15). The average molecular weight is 222 g/mol. The lowest BCUT2D eigenvalue weighted by Crippen LogP contribution is -2.47. The Labute approximate surface area is 95.7 Å². The highest BCUT2D eigenvalue weighted by molar-refractivity contribution is 5.89. The fraction of sp³-hybridized carbons (Fsp3) is 0.667. The van der Waals surface area contributed by atoms with E-state index in [1.165, 1.54) is 0 Å². The van der Waals surface area contributed by atoms with E-state index < -0.39 is 0 Å². The highest BCUT2D eigenvalue weighted by Crippen LogP contribution is 2.19. The van der Waals surface area contributed by atoms with E-state index in [2.05, 4.69) is 17.5 Å². The van der Waals surface area contributed by atoms with Crippen molar-refractivity contribution in [3.63, 3.8) is 0 Å². The third kappa shape index (κ3) is 2.26. The molecule has 0 aromatic carbocycles. The van der Waals surface area contributed by atoms with Gasteiger partial charge in [0.15, 0.2) is 0 Å². The summed E-state index contributed by atoms with van der Waals surface area (Å²) >= 11 is 0. The quantitative estimate of drug-likeness (QED) is 0.668. The number of hydrogen-bond donors (Lipinski definition) is 1. The number of nitrogens with one attached hydrogen (secondary N) is 1. The van der Waals surface area contributed by atoms with Gasteiger partial charge in [-0.15, -0.1) is 0 Å². The molecule has 4 heteroatoms. The van der Waals surface area contributed by atoms with Gasteiger partial charge in [0, 0.05) is 19.0 Å². The van der Waals surface area contributed by atoms with Crippen LogP contribution in [-0.2, 0) is 9.59 Å². The fourth-order valence-corrected chi connectivity index (χ4v) is 2.38.